The average molecular weight is 250 g/mol. The van der Waals surface area contributed by atoms with Crippen molar-refractivity contribution in [2.45, 2.75) is 39.2 Å². The van der Waals surface area contributed by atoms with Gasteiger partial charge in [0.2, 0.25) is 0 Å². The van der Waals surface area contributed by atoms with Crippen LogP contribution in [0.1, 0.15) is 32.3 Å². The van der Waals surface area contributed by atoms with Crippen LogP contribution in [0.5, 0.6) is 0 Å². The van der Waals surface area contributed by atoms with E-state index in [1.54, 1.807) is 12.1 Å². The van der Waals surface area contributed by atoms with Crippen LogP contribution >= 0.6 is 0 Å². The normalized spacial score (nSPS) is 25.0. The van der Waals surface area contributed by atoms with Crippen molar-refractivity contribution in [2.75, 3.05) is 24.5 Å². The molecule has 1 unspecified atom stereocenters. The maximum atomic E-state index is 14.1. The molecule has 2 rings (SSSR count). The van der Waals surface area contributed by atoms with E-state index in [4.69, 9.17) is 0 Å². The molecule has 0 aliphatic carbocycles. The maximum Gasteiger partial charge on any atom is 0.146 e. The van der Waals surface area contributed by atoms with E-state index in [1.807, 2.05) is 13.0 Å². The van der Waals surface area contributed by atoms with Gasteiger partial charge in [0, 0.05) is 18.6 Å². The van der Waals surface area contributed by atoms with Crippen molar-refractivity contribution >= 4 is 5.69 Å². The summed E-state index contributed by atoms with van der Waals surface area (Å²) in [6.07, 6.45) is 2.11. The van der Waals surface area contributed by atoms with Crippen LogP contribution in [0, 0.1) is 12.7 Å². The molecule has 1 fully saturated rings. The Morgan fingerprint density at radius 1 is 1.44 bits per heavy atom. The predicted octanol–water partition coefficient (Wildman–Crippen LogP) is 3.10. The molecule has 1 heterocycles. The average Bonchev–Trinajstić information content (AvgIpc) is 2.52. The van der Waals surface area contributed by atoms with Crippen molar-refractivity contribution < 1.29 is 4.39 Å². The Hall–Kier alpha value is -1.09. The fourth-order valence-corrected chi connectivity index (χ4v) is 2.67. The largest absolute Gasteiger partial charge is 0.367 e. The van der Waals surface area contributed by atoms with Crippen LogP contribution in [0.4, 0.5) is 10.1 Å². The number of para-hydroxylation sites is 1. The predicted molar refractivity (Wildman–Crippen MR) is 74.7 cm³/mol. The summed E-state index contributed by atoms with van der Waals surface area (Å²) >= 11 is 0. The van der Waals surface area contributed by atoms with E-state index in [1.165, 1.54) is 0 Å². The summed E-state index contributed by atoms with van der Waals surface area (Å²) in [5.41, 5.74) is 1.88. The first-order valence-corrected chi connectivity index (χ1v) is 6.81. The van der Waals surface area contributed by atoms with Gasteiger partial charge in [-0.3, -0.25) is 0 Å². The lowest BCUT2D eigenvalue weighted by atomic mass is 9.98. The van der Waals surface area contributed by atoms with E-state index >= 15 is 0 Å². The third-order valence-electron chi connectivity index (χ3n) is 3.98. The highest BCUT2D eigenvalue weighted by molar-refractivity contribution is 5.54. The van der Waals surface area contributed by atoms with Crippen LogP contribution in [-0.4, -0.2) is 25.2 Å². The molecule has 1 aliphatic heterocycles. The Balaban J connectivity index is 2.31. The number of benzene rings is 1. The molecule has 1 atom stereocenters. The van der Waals surface area contributed by atoms with Crippen LogP contribution in [0.25, 0.3) is 0 Å². The van der Waals surface area contributed by atoms with Gasteiger partial charge in [0.05, 0.1) is 5.69 Å². The molecule has 1 saturated heterocycles. The third-order valence-corrected chi connectivity index (χ3v) is 3.98. The van der Waals surface area contributed by atoms with Crippen molar-refractivity contribution in [3.8, 4) is 0 Å². The molecule has 1 N–H and O–H groups in total. The van der Waals surface area contributed by atoms with Crippen molar-refractivity contribution in [1.82, 2.24) is 5.32 Å². The smallest absolute Gasteiger partial charge is 0.146 e. The highest BCUT2D eigenvalue weighted by Crippen LogP contribution is 2.27. The Kier molecular flexibility index (Phi) is 3.91. The van der Waals surface area contributed by atoms with Crippen LogP contribution in [0.2, 0.25) is 0 Å². The summed E-state index contributed by atoms with van der Waals surface area (Å²) in [5, 5.41) is 3.58. The molecular formula is C15H23FN2. The van der Waals surface area contributed by atoms with Crippen LogP contribution in [0.3, 0.4) is 0 Å². The van der Waals surface area contributed by atoms with Crippen molar-refractivity contribution in [2.24, 2.45) is 0 Å². The molecule has 18 heavy (non-hydrogen) atoms. The third kappa shape index (κ3) is 2.66. The lowest BCUT2D eigenvalue weighted by Crippen LogP contribution is -2.48. The Labute approximate surface area is 109 Å². The van der Waals surface area contributed by atoms with Gasteiger partial charge in [0.1, 0.15) is 5.82 Å². The summed E-state index contributed by atoms with van der Waals surface area (Å²) in [4.78, 5) is 2.20. The molecule has 0 spiro atoms. The van der Waals surface area contributed by atoms with E-state index in [9.17, 15) is 4.39 Å². The SMILES string of the molecule is CCC1(C)CN(c2c(C)cccc2F)CCCN1. The summed E-state index contributed by atoms with van der Waals surface area (Å²) in [6, 6.07) is 5.33. The molecule has 1 aromatic rings. The Morgan fingerprint density at radius 3 is 2.89 bits per heavy atom. The number of hydrogen-bond donors (Lipinski definition) is 1. The van der Waals surface area contributed by atoms with Crippen LogP contribution in [0.15, 0.2) is 18.2 Å². The van der Waals surface area contributed by atoms with Crippen LogP contribution in [-0.2, 0) is 0 Å². The van der Waals surface area contributed by atoms with E-state index < -0.39 is 0 Å². The Morgan fingerprint density at radius 2 is 2.22 bits per heavy atom. The van der Waals surface area contributed by atoms with Crippen molar-refractivity contribution in [3.05, 3.63) is 29.6 Å². The van der Waals surface area contributed by atoms with Crippen molar-refractivity contribution in [3.63, 3.8) is 0 Å². The van der Waals surface area contributed by atoms with Gasteiger partial charge in [-0.2, -0.15) is 0 Å². The second-order valence-electron chi connectivity index (χ2n) is 5.52. The molecule has 0 amide bonds. The zero-order valence-electron chi connectivity index (χ0n) is 11.6. The maximum absolute atomic E-state index is 14.1. The highest BCUT2D eigenvalue weighted by atomic mass is 19.1. The van der Waals surface area contributed by atoms with Crippen LogP contribution < -0.4 is 10.2 Å². The number of anilines is 1. The highest BCUT2D eigenvalue weighted by Gasteiger charge is 2.28. The lowest BCUT2D eigenvalue weighted by molar-refractivity contribution is 0.365. The second-order valence-corrected chi connectivity index (χ2v) is 5.52. The van der Waals surface area contributed by atoms with E-state index in [2.05, 4.69) is 24.1 Å². The molecule has 1 aliphatic rings. The molecule has 1 aromatic carbocycles. The monoisotopic (exact) mass is 250 g/mol. The molecule has 2 nitrogen and oxygen atoms in total. The zero-order valence-corrected chi connectivity index (χ0v) is 11.6. The Bertz CT molecular complexity index is 399. The fraction of sp³-hybridized carbons (Fsp3) is 0.600. The molecule has 100 valence electrons. The minimum atomic E-state index is -0.102. The van der Waals surface area contributed by atoms with Gasteiger partial charge >= 0.3 is 0 Å². The van der Waals surface area contributed by atoms with E-state index in [0.29, 0.717) is 0 Å². The number of nitrogens with zero attached hydrogens (tertiary/aromatic N) is 1. The number of halogens is 1. The summed E-state index contributed by atoms with van der Waals surface area (Å²) in [7, 11) is 0. The van der Waals surface area contributed by atoms with Gasteiger partial charge in [-0.15, -0.1) is 0 Å². The molecule has 0 bridgehead atoms. The lowest BCUT2D eigenvalue weighted by Gasteiger charge is -2.34. The minimum Gasteiger partial charge on any atom is -0.367 e. The molecule has 0 radical (unpaired) electrons. The number of hydrogen-bond acceptors (Lipinski definition) is 2. The van der Waals surface area contributed by atoms with Gasteiger partial charge in [0.25, 0.3) is 0 Å². The first-order chi connectivity index (χ1) is 8.56. The van der Waals surface area contributed by atoms with E-state index in [-0.39, 0.29) is 11.4 Å². The first kappa shape index (κ1) is 13.3. The van der Waals surface area contributed by atoms with Gasteiger partial charge in [0.15, 0.2) is 0 Å². The van der Waals surface area contributed by atoms with Gasteiger partial charge in [-0.05, 0) is 44.9 Å². The minimum absolute atomic E-state index is 0.0746. The zero-order chi connectivity index (χ0) is 13.2. The first-order valence-electron chi connectivity index (χ1n) is 6.81. The number of nitrogens with one attached hydrogen (secondary N) is 1. The molecule has 0 saturated carbocycles. The standard InChI is InChI=1S/C15H23FN2/c1-4-15(3)11-18(10-6-9-17-15)14-12(2)7-5-8-13(14)16/h5,7-8,17H,4,6,9-11H2,1-3H3. The van der Waals surface area contributed by atoms with Crippen molar-refractivity contribution in [1.29, 1.82) is 0 Å². The number of aryl methyl sites for hydroxylation is 1. The second kappa shape index (κ2) is 5.27. The molecular weight excluding hydrogens is 227 g/mol. The van der Waals surface area contributed by atoms with Gasteiger partial charge in [-0.1, -0.05) is 19.1 Å². The van der Waals surface area contributed by atoms with Gasteiger partial charge < -0.3 is 10.2 Å². The quantitative estimate of drug-likeness (QED) is 0.867. The fourth-order valence-electron chi connectivity index (χ4n) is 2.67. The summed E-state index contributed by atoms with van der Waals surface area (Å²) in [5.74, 6) is -0.102. The summed E-state index contributed by atoms with van der Waals surface area (Å²) in [6.45, 7) is 9.19. The number of rotatable bonds is 2. The molecule has 3 heteroatoms. The molecule has 0 aromatic heterocycles. The summed E-state index contributed by atoms with van der Waals surface area (Å²) < 4.78 is 14.1. The topological polar surface area (TPSA) is 15.3 Å². The van der Waals surface area contributed by atoms with Gasteiger partial charge in [-0.25, -0.2) is 4.39 Å². The van der Waals surface area contributed by atoms with E-state index in [0.717, 1.165) is 43.7 Å².